The van der Waals surface area contributed by atoms with E-state index >= 15 is 0 Å². The molecular formula is C10H18FN2O15P3. The molecule has 0 aromatic heterocycles. The van der Waals surface area contributed by atoms with Crippen LogP contribution in [0.3, 0.4) is 0 Å². The summed E-state index contributed by atoms with van der Waals surface area (Å²) in [6.07, 6.45) is -5.91. The molecule has 2 amide bonds. The van der Waals surface area contributed by atoms with Crippen LogP contribution in [0, 0.1) is 0 Å². The Morgan fingerprint density at radius 2 is 1.81 bits per heavy atom. The van der Waals surface area contributed by atoms with E-state index in [0.717, 1.165) is 19.4 Å². The van der Waals surface area contributed by atoms with Crippen molar-refractivity contribution in [1.82, 2.24) is 10.2 Å². The number of halogens is 1. The molecule has 7 N–H and O–H groups in total. The lowest BCUT2D eigenvalue weighted by atomic mass is 10.1. The maximum atomic E-state index is 14.6. The molecule has 1 saturated heterocycles. The van der Waals surface area contributed by atoms with Gasteiger partial charge in [-0.2, -0.15) is 8.62 Å². The number of phosphoric acid groups is 3. The van der Waals surface area contributed by atoms with Gasteiger partial charge in [-0.05, 0) is 6.08 Å². The molecule has 2 rings (SSSR count). The van der Waals surface area contributed by atoms with E-state index in [1.54, 1.807) is 0 Å². The number of nitrogens with one attached hydrogen (secondary N) is 1. The van der Waals surface area contributed by atoms with Crippen molar-refractivity contribution in [3.05, 3.63) is 12.3 Å². The van der Waals surface area contributed by atoms with Crippen LogP contribution in [-0.4, -0.2) is 85.0 Å². The van der Waals surface area contributed by atoms with E-state index in [-0.39, 0.29) is 0 Å². The number of aliphatic hydroxyl groups is 2. The number of alkyl halides is 1. The number of hydrogen-bond donors (Lipinski definition) is 7. The van der Waals surface area contributed by atoms with E-state index < -0.39 is 66.6 Å². The number of aliphatic hydroxyl groups excluding tert-OH is 2. The third-order valence-electron chi connectivity index (χ3n) is 3.74. The highest BCUT2D eigenvalue weighted by Crippen LogP contribution is 2.66. The van der Waals surface area contributed by atoms with Crippen molar-refractivity contribution in [1.29, 1.82) is 0 Å². The number of hydrogen-bond acceptors (Lipinski definition) is 11. The molecule has 2 aliphatic heterocycles. The first-order valence-corrected chi connectivity index (χ1v) is 12.3. The zero-order valence-electron chi connectivity index (χ0n) is 15.2. The lowest BCUT2D eigenvalue weighted by Gasteiger charge is -2.32. The maximum absolute atomic E-state index is 14.6. The van der Waals surface area contributed by atoms with Gasteiger partial charge in [-0.1, -0.05) is 0 Å². The molecule has 17 nitrogen and oxygen atoms in total. The fourth-order valence-electron chi connectivity index (χ4n) is 2.46. The van der Waals surface area contributed by atoms with Gasteiger partial charge in [0, 0.05) is 13.3 Å². The minimum absolute atomic E-state index is 0.589. The summed E-state index contributed by atoms with van der Waals surface area (Å²) in [5, 5.41) is 21.4. The van der Waals surface area contributed by atoms with Gasteiger partial charge in [0.05, 0.1) is 0 Å². The number of ether oxygens (including phenoxy) is 2. The van der Waals surface area contributed by atoms with Gasteiger partial charge in [0.2, 0.25) is 5.79 Å². The first-order valence-electron chi connectivity index (χ1n) is 7.79. The number of urea groups is 1. The summed E-state index contributed by atoms with van der Waals surface area (Å²) in [7, 11) is -16.2. The Bertz CT molecular complexity index is 866. The molecule has 0 radical (unpaired) electrons. The zero-order chi connectivity index (χ0) is 23.8. The van der Waals surface area contributed by atoms with Gasteiger partial charge < -0.3 is 44.6 Å². The summed E-state index contributed by atoms with van der Waals surface area (Å²) >= 11 is 0. The molecule has 0 saturated carbocycles. The van der Waals surface area contributed by atoms with Crippen LogP contribution >= 0.6 is 23.5 Å². The van der Waals surface area contributed by atoms with E-state index in [4.69, 9.17) is 24.2 Å². The quantitative estimate of drug-likeness (QED) is 0.173. The maximum Gasteiger partial charge on any atom is 0.490 e. The molecule has 0 aromatic carbocycles. The summed E-state index contributed by atoms with van der Waals surface area (Å²) in [5.74, 6) is -2.56. The van der Waals surface area contributed by atoms with Crippen molar-refractivity contribution in [3.63, 3.8) is 0 Å². The van der Waals surface area contributed by atoms with Crippen molar-refractivity contribution in [2.24, 2.45) is 0 Å². The predicted molar refractivity (Wildman–Crippen MR) is 90.8 cm³/mol. The Kier molecular flexibility index (Phi) is 7.85. The molecular weight excluding hydrogens is 500 g/mol. The van der Waals surface area contributed by atoms with Crippen molar-refractivity contribution in [3.8, 4) is 0 Å². The summed E-state index contributed by atoms with van der Waals surface area (Å²) < 4.78 is 69.7. The highest BCUT2D eigenvalue weighted by atomic mass is 31.3. The fraction of sp³-hybridized carbons (Fsp3) is 0.700. The Balaban J connectivity index is 2.14. The molecule has 2 aliphatic rings. The monoisotopic (exact) mass is 518 g/mol. The normalized spacial score (nSPS) is 35.5. The van der Waals surface area contributed by atoms with Gasteiger partial charge in [-0.15, -0.1) is 0 Å². The largest absolute Gasteiger partial charge is 0.490 e. The van der Waals surface area contributed by atoms with Crippen LogP contribution < -0.4 is 5.32 Å². The van der Waals surface area contributed by atoms with Crippen molar-refractivity contribution >= 4 is 29.5 Å². The van der Waals surface area contributed by atoms with Crippen LogP contribution in [0.1, 0.15) is 0 Å². The molecule has 21 heteroatoms. The summed E-state index contributed by atoms with van der Waals surface area (Å²) in [5.41, 5.74) is 0. The van der Waals surface area contributed by atoms with E-state index in [9.17, 15) is 38.0 Å². The minimum Gasteiger partial charge on any atom is -0.384 e. The van der Waals surface area contributed by atoms with E-state index in [1.807, 2.05) is 5.32 Å². The molecule has 0 aromatic rings. The van der Waals surface area contributed by atoms with Crippen LogP contribution in [0.2, 0.25) is 0 Å². The second-order valence-corrected chi connectivity index (χ2v) is 10.3. The van der Waals surface area contributed by atoms with E-state index in [1.165, 1.54) is 0 Å². The van der Waals surface area contributed by atoms with Gasteiger partial charge in [0.15, 0.2) is 12.4 Å². The van der Waals surface area contributed by atoms with Crippen LogP contribution in [0.4, 0.5) is 9.18 Å². The number of carbonyl (C=O) groups is 1. The van der Waals surface area contributed by atoms with Gasteiger partial charge >= 0.3 is 29.5 Å². The van der Waals surface area contributed by atoms with Crippen LogP contribution in [-0.2, 0) is 36.3 Å². The number of nitrogens with zero attached hydrogens (tertiary/aromatic N) is 1. The minimum atomic E-state index is -5.82. The molecule has 2 heterocycles. The fourth-order valence-corrected chi connectivity index (χ4v) is 5.50. The average molecular weight is 518 g/mol. The lowest BCUT2D eigenvalue weighted by molar-refractivity contribution is -0.267. The standard InChI is InChI=1S/C10H18FN2O15P3/c1-24-10(4-25-30(20,21)28-31(22,23)27-29(17,18)19)7(15)6(11)8(26-10)13-3-2-5(14)12-9(13)16/h2-3,5-8,14-15H,4H2,1H3,(H,12,16)(H,20,21)(H,22,23)(H2,17,18,19)/t5?,6-,7+,8-,10-/m1/s1. The highest BCUT2D eigenvalue weighted by Gasteiger charge is 2.59. The second-order valence-electron chi connectivity index (χ2n) is 5.92. The van der Waals surface area contributed by atoms with Gasteiger partial charge in [0.1, 0.15) is 18.9 Å². The topological polar surface area (TPSA) is 251 Å². The highest BCUT2D eigenvalue weighted by molar-refractivity contribution is 7.66. The first-order chi connectivity index (χ1) is 14.0. The number of carbonyl (C=O) groups excluding carboxylic acids is 1. The first kappa shape index (κ1) is 26.4. The van der Waals surface area contributed by atoms with Gasteiger partial charge in [-0.25, -0.2) is 22.9 Å². The average Bonchev–Trinajstić information content (AvgIpc) is 2.82. The number of amides is 2. The van der Waals surface area contributed by atoms with Crippen LogP contribution in [0.5, 0.6) is 0 Å². The molecule has 180 valence electrons. The van der Waals surface area contributed by atoms with E-state index in [2.05, 4.69) is 13.1 Å². The number of rotatable bonds is 9. The molecule has 0 bridgehead atoms. The third kappa shape index (κ3) is 6.60. The zero-order valence-corrected chi connectivity index (χ0v) is 17.9. The molecule has 1 fully saturated rings. The smallest absolute Gasteiger partial charge is 0.384 e. The molecule has 0 spiro atoms. The van der Waals surface area contributed by atoms with Crippen molar-refractivity contribution in [2.45, 2.75) is 30.5 Å². The lowest BCUT2D eigenvalue weighted by Crippen LogP contribution is -2.52. The predicted octanol–water partition coefficient (Wildman–Crippen LogP) is -1.42. The second kappa shape index (κ2) is 9.21. The van der Waals surface area contributed by atoms with E-state index in [0.29, 0.717) is 4.90 Å². The van der Waals surface area contributed by atoms with Crippen molar-refractivity contribution < 1.29 is 75.3 Å². The molecule has 3 unspecified atom stereocenters. The number of phosphoric ester groups is 1. The summed E-state index contributed by atoms with van der Waals surface area (Å²) in [4.78, 5) is 48.1. The summed E-state index contributed by atoms with van der Waals surface area (Å²) in [6.45, 7) is -1.34. The summed E-state index contributed by atoms with van der Waals surface area (Å²) in [6, 6.07) is -1.03. The molecule has 31 heavy (non-hydrogen) atoms. The van der Waals surface area contributed by atoms with Crippen LogP contribution in [0.15, 0.2) is 12.3 Å². The molecule has 0 aliphatic carbocycles. The Morgan fingerprint density at radius 3 is 2.32 bits per heavy atom. The SMILES string of the molecule is CO[C@]1(COP(=O)(O)OP(=O)(O)OP(=O)(O)O)O[C@@H](N2C=CC(O)NC2=O)[C@H](F)[C@@H]1O. The van der Waals surface area contributed by atoms with Gasteiger partial charge in [-0.3, -0.25) is 9.42 Å². The Hall–Kier alpha value is -0.810. The number of methoxy groups -OCH3 is 1. The third-order valence-corrected chi connectivity index (χ3v) is 7.53. The van der Waals surface area contributed by atoms with Crippen LogP contribution in [0.25, 0.3) is 0 Å². The van der Waals surface area contributed by atoms with Gasteiger partial charge in [0.25, 0.3) is 0 Å². The van der Waals surface area contributed by atoms with Crippen molar-refractivity contribution in [2.75, 3.05) is 13.7 Å². The molecule has 7 atom stereocenters. The Labute approximate surface area is 172 Å². The Morgan fingerprint density at radius 1 is 1.19 bits per heavy atom.